The molecule has 1 aromatic carbocycles. The van der Waals surface area contributed by atoms with Crippen molar-refractivity contribution in [2.24, 2.45) is 5.73 Å². The van der Waals surface area contributed by atoms with Gasteiger partial charge >= 0.3 is 0 Å². The molecule has 1 aromatic heterocycles. The number of carbonyl (C=O) groups excluding carboxylic acids is 1. The van der Waals surface area contributed by atoms with Gasteiger partial charge in [-0.25, -0.2) is 0 Å². The molecule has 0 unspecified atom stereocenters. The number of carbonyl (C=O) groups is 1. The monoisotopic (exact) mass is 528 g/mol. The van der Waals surface area contributed by atoms with Crippen molar-refractivity contribution in [2.45, 2.75) is 114 Å². The summed E-state index contributed by atoms with van der Waals surface area (Å²) in [6.45, 7) is 28.3. The van der Waals surface area contributed by atoms with Gasteiger partial charge in [-0.2, -0.15) is 0 Å². The Hall–Kier alpha value is -2.72. The maximum Gasteiger partial charge on any atom is 0.129 e. The molecule has 0 saturated heterocycles. The van der Waals surface area contributed by atoms with Gasteiger partial charge in [0.1, 0.15) is 11.5 Å². The Morgan fingerprint density at radius 1 is 0.974 bits per heavy atom. The van der Waals surface area contributed by atoms with Crippen LogP contribution in [0.15, 0.2) is 48.7 Å². The van der Waals surface area contributed by atoms with E-state index in [0.29, 0.717) is 18.7 Å². The summed E-state index contributed by atoms with van der Waals surface area (Å²) in [5.41, 5.74) is 8.35. The summed E-state index contributed by atoms with van der Waals surface area (Å²) in [6, 6.07) is 9.31. The molecule has 2 rings (SSSR count). The van der Waals surface area contributed by atoms with E-state index in [0.717, 1.165) is 34.5 Å². The summed E-state index contributed by atoms with van der Waals surface area (Å²) in [6.07, 6.45) is 11.5. The van der Waals surface area contributed by atoms with Gasteiger partial charge < -0.3 is 15.6 Å². The summed E-state index contributed by atoms with van der Waals surface area (Å²) in [5.74, 6) is 0.630. The number of para-hydroxylation sites is 1. The molecule has 0 fully saturated rings. The molecule has 3 N–H and O–H groups in total. The molecule has 1 heterocycles. The van der Waals surface area contributed by atoms with Gasteiger partial charge in [0.25, 0.3) is 0 Å². The van der Waals surface area contributed by atoms with Crippen molar-refractivity contribution in [1.82, 2.24) is 4.98 Å². The Bertz CT molecular complexity index is 908. The smallest absolute Gasteiger partial charge is 0.129 e. The number of phenols is 1. The minimum absolute atomic E-state index is 0.227. The number of aromatic nitrogens is 1. The predicted molar refractivity (Wildman–Crippen MR) is 172 cm³/mol. The van der Waals surface area contributed by atoms with Crippen LogP contribution in [0.25, 0.3) is 12.7 Å². The van der Waals surface area contributed by atoms with Crippen molar-refractivity contribution in [3.8, 4) is 5.75 Å². The van der Waals surface area contributed by atoms with E-state index in [4.69, 9.17) is 10.8 Å². The molecule has 0 aliphatic heterocycles. The highest BCUT2D eigenvalue weighted by molar-refractivity contribution is 5.75. The first-order valence-corrected chi connectivity index (χ1v) is 14.1. The van der Waals surface area contributed by atoms with Crippen LogP contribution < -0.4 is 16.2 Å². The molecule has 2 aromatic rings. The first-order chi connectivity index (χ1) is 17.9. The number of allylic oxidation sites excluding steroid dienone is 1. The second kappa shape index (κ2) is 32.3. The molecule has 0 spiro atoms. The van der Waals surface area contributed by atoms with E-state index in [-0.39, 0.29) is 5.78 Å². The van der Waals surface area contributed by atoms with Crippen LogP contribution in [0.4, 0.5) is 0 Å². The number of aryl methyl sites for hydroxylation is 2. The van der Waals surface area contributed by atoms with Crippen LogP contribution in [0.5, 0.6) is 5.75 Å². The van der Waals surface area contributed by atoms with Crippen LogP contribution in [-0.4, -0.2) is 22.4 Å². The second-order valence-electron chi connectivity index (χ2n) is 9.04. The van der Waals surface area contributed by atoms with E-state index < -0.39 is 0 Å². The Labute approximate surface area is 235 Å². The average molecular weight is 529 g/mol. The molecule has 0 bridgehead atoms. The third kappa shape index (κ3) is 33.3. The molecule has 0 atom stereocenters. The zero-order chi connectivity index (χ0) is 30.4. The lowest BCUT2D eigenvalue weighted by Gasteiger charge is -1.97. The van der Waals surface area contributed by atoms with Crippen LogP contribution in [-0.2, 0) is 11.2 Å². The third-order valence-corrected chi connectivity index (χ3v) is 4.67. The number of benzene rings is 1. The standard InChI is InChI=1S/C9H11N.C8H10O.C5H11NO.C4H8.2C4H10/c1-4-9-7(2)5-6-10-8(9)3;1-2-7-5-3-4-6-8(7)9;1-5(7)3-2-4-6;1-4(2)3;2*1-3-4-2/h4-6H,2H2,1,3H3;3-6,9H,2H2,1H3;2-4,6H2,1H3;1H2,2-3H3;2*3-4H2,1-2H3/b9-4+;;;;;. The number of unbranched alkanes of at least 4 members (excludes halogenated alkanes) is 2. The lowest BCUT2D eigenvalue weighted by molar-refractivity contribution is -0.117. The molecule has 4 nitrogen and oxygen atoms in total. The van der Waals surface area contributed by atoms with Crippen LogP contribution >= 0.6 is 0 Å². The van der Waals surface area contributed by atoms with Crippen LogP contribution in [0.1, 0.15) is 112 Å². The number of ketones is 1. The Kier molecular flexibility index (Phi) is 36.0. The normalized spacial score (nSPS) is 9.29. The Morgan fingerprint density at radius 2 is 1.45 bits per heavy atom. The van der Waals surface area contributed by atoms with Gasteiger partial charge in [0, 0.05) is 18.3 Å². The van der Waals surface area contributed by atoms with Gasteiger partial charge in [-0.15, -0.1) is 6.58 Å². The second-order valence-corrected chi connectivity index (χ2v) is 9.04. The number of pyridine rings is 1. The van der Waals surface area contributed by atoms with E-state index >= 15 is 0 Å². The van der Waals surface area contributed by atoms with Crippen LogP contribution in [0.3, 0.4) is 0 Å². The summed E-state index contributed by atoms with van der Waals surface area (Å²) in [7, 11) is 0. The number of rotatable bonds is 6. The SMILES string of the molecule is C=C(C)C.C=c1ccnc(C)/c1=C/C.CC(=O)CCCN.CCCC.CCCC.CCc1ccccc1O. The highest BCUT2D eigenvalue weighted by Gasteiger charge is 1.92. The largest absolute Gasteiger partial charge is 0.508 e. The highest BCUT2D eigenvalue weighted by Crippen LogP contribution is 2.14. The number of hydrogen-bond donors (Lipinski definition) is 2. The third-order valence-electron chi connectivity index (χ3n) is 4.67. The van der Waals surface area contributed by atoms with Gasteiger partial charge in [0.15, 0.2) is 0 Å². The molecule has 0 aliphatic carbocycles. The molecule has 38 heavy (non-hydrogen) atoms. The molecule has 218 valence electrons. The fraction of sp³-hybridized carbons (Fsp3) is 0.529. The molecule has 4 heteroatoms. The maximum atomic E-state index is 10.1. The summed E-state index contributed by atoms with van der Waals surface area (Å²) < 4.78 is 0. The molecule has 0 saturated carbocycles. The van der Waals surface area contributed by atoms with Crippen molar-refractivity contribution in [1.29, 1.82) is 0 Å². The summed E-state index contributed by atoms with van der Waals surface area (Å²) in [5, 5.41) is 11.3. The van der Waals surface area contributed by atoms with Crippen molar-refractivity contribution in [3.63, 3.8) is 0 Å². The Balaban J connectivity index is -0.000000191. The number of aromatic hydroxyl groups is 1. The zero-order valence-electron chi connectivity index (χ0n) is 26.5. The predicted octanol–water partition coefficient (Wildman–Crippen LogP) is 8.06. The van der Waals surface area contributed by atoms with E-state index in [1.807, 2.05) is 65.0 Å². The fourth-order valence-electron chi connectivity index (χ4n) is 2.19. The highest BCUT2D eigenvalue weighted by atomic mass is 16.3. The van der Waals surface area contributed by atoms with Gasteiger partial charge in [-0.3, -0.25) is 4.98 Å². The van der Waals surface area contributed by atoms with E-state index in [2.05, 4.69) is 45.8 Å². The first kappa shape index (κ1) is 42.4. The number of Topliss-reactive ketones (excluding diaryl/α,β-unsaturated/α-hetero) is 1. The first-order valence-electron chi connectivity index (χ1n) is 14.1. The minimum atomic E-state index is 0.227. The average Bonchev–Trinajstić information content (AvgIpc) is 2.88. The molecular weight excluding hydrogens is 468 g/mol. The topological polar surface area (TPSA) is 76.2 Å². The van der Waals surface area contributed by atoms with Crippen molar-refractivity contribution < 1.29 is 9.90 Å². The summed E-state index contributed by atoms with van der Waals surface area (Å²) >= 11 is 0. The molecule has 0 aliphatic rings. The van der Waals surface area contributed by atoms with Crippen LogP contribution in [0, 0.1) is 6.92 Å². The summed E-state index contributed by atoms with van der Waals surface area (Å²) in [4.78, 5) is 14.3. The van der Waals surface area contributed by atoms with E-state index in [9.17, 15) is 4.79 Å². The molecular formula is C34H60N2O2. The van der Waals surface area contributed by atoms with E-state index in [1.165, 1.54) is 31.3 Å². The van der Waals surface area contributed by atoms with Gasteiger partial charge in [-0.05, 0) is 82.1 Å². The van der Waals surface area contributed by atoms with Gasteiger partial charge in [0.2, 0.25) is 0 Å². The lowest BCUT2D eigenvalue weighted by Crippen LogP contribution is -2.26. The van der Waals surface area contributed by atoms with Crippen molar-refractivity contribution in [2.75, 3.05) is 6.54 Å². The van der Waals surface area contributed by atoms with E-state index in [1.54, 1.807) is 19.2 Å². The number of nitrogens with two attached hydrogens (primary N) is 1. The number of phenolic OH excluding ortho intramolecular Hbond substituents is 1. The molecule has 0 amide bonds. The van der Waals surface area contributed by atoms with Crippen molar-refractivity contribution in [3.05, 3.63) is 70.4 Å². The van der Waals surface area contributed by atoms with Gasteiger partial charge in [0.05, 0.1) is 0 Å². The quantitative estimate of drug-likeness (QED) is 0.372. The fourth-order valence-corrected chi connectivity index (χ4v) is 2.19. The van der Waals surface area contributed by atoms with Gasteiger partial charge in [-0.1, -0.05) is 96.7 Å². The Morgan fingerprint density at radius 3 is 1.68 bits per heavy atom. The van der Waals surface area contributed by atoms with Crippen molar-refractivity contribution >= 4 is 18.4 Å². The van der Waals surface area contributed by atoms with Crippen LogP contribution in [0.2, 0.25) is 0 Å². The number of nitrogens with zero attached hydrogens (tertiary/aromatic N) is 1. The lowest BCUT2D eigenvalue weighted by atomic mass is 10.1. The number of hydrogen-bond acceptors (Lipinski definition) is 4. The molecule has 0 radical (unpaired) electrons. The minimum Gasteiger partial charge on any atom is -0.508 e. The zero-order valence-corrected chi connectivity index (χ0v) is 26.5. The maximum absolute atomic E-state index is 10.1.